The third-order valence-electron chi connectivity index (χ3n) is 0. The summed E-state index contributed by atoms with van der Waals surface area (Å²) in [6.07, 6.45) is -1.25. The van der Waals surface area contributed by atoms with Gasteiger partial charge in [0.2, 0.25) is 0 Å². The normalized spacial score (nSPS) is 7.55. The van der Waals surface area contributed by atoms with E-state index in [0.29, 0.717) is 0 Å². The number of hydrogen-bond acceptors (Lipinski definition) is 7. The second-order valence-corrected chi connectivity index (χ2v) is 4.37. The monoisotopic (exact) mass is 363 g/mol. The van der Waals surface area contributed by atoms with Gasteiger partial charge in [-0.3, -0.25) is 8.42 Å². The van der Waals surface area contributed by atoms with Crippen LogP contribution < -0.4 is 46.1 Å². The van der Waals surface area contributed by atoms with Crippen molar-refractivity contribution in [3.8, 4) is 0 Å². The number of hydrogen-bond donors (Lipinski definition) is 5. The molecule has 0 rings (SSSR count). The molecule has 0 aromatic heterocycles. The maximum atomic E-state index is 9.53. The van der Waals surface area contributed by atoms with Crippen LogP contribution in [0.25, 0.3) is 0 Å². The SMILES string of the molecule is CC(C)[O-].CC(C)[O-].CC(C)[O-].O=S(=O)([O-])[O-].[NH4+].[NH4+].[NH4+].[NH4+].[NH4+]. The predicted octanol–water partition coefficient (Wildman–Crippen LogP) is -0.192. The lowest BCUT2D eigenvalue weighted by Gasteiger charge is -2.06. The molecule has 150 valence electrons. The van der Waals surface area contributed by atoms with Crippen molar-refractivity contribution in [2.24, 2.45) is 0 Å². The summed E-state index contributed by atoms with van der Waals surface area (Å²) >= 11 is 0. The lowest BCUT2D eigenvalue weighted by molar-refractivity contribution is -0.408. The lowest BCUT2D eigenvalue weighted by atomic mass is 10.5. The Balaban J connectivity index is -0.0000000137. The molecule has 0 heterocycles. The Morgan fingerprint density at radius 1 is 0.545 bits per heavy atom. The third-order valence-corrected chi connectivity index (χ3v) is 0. The van der Waals surface area contributed by atoms with Gasteiger partial charge in [0.05, 0.1) is 0 Å². The van der Waals surface area contributed by atoms with Gasteiger partial charge in [-0.15, -0.1) is 18.3 Å². The second-order valence-electron chi connectivity index (χ2n) is 3.55. The van der Waals surface area contributed by atoms with E-state index in [1.54, 1.807) is 41.5 Å². The fraction of sp³-hybridized carbons (Fsp3) is 1.00. The Kier molecular flexibility index (Phi) is 97.4. The van der Waals surface area contributed by atoms with Crippen molar-refractivity contribution in [2.75, 3.05) is 0 Å². The van der Waals surface area contributed by atoms with E-state index in [2.05, 4.69) is 0 Å². The van der Waals surface area contributed by atoms with Crippen molar-refractivity contribution < 1.29 is 32.8 Å². The molecular weight excluding hydrogens is 322 g/mol. The van der Waals surface area contributed by atoms with Crippen molar-refractivity contribution in [1.82, 2.24) is 30.8 Å². The lowest BCUT2D eigenvalue weighted by Crippen LogP contribution is -2.14. The van der Waals surface area contributed by atoms with Crippen molar-refractivity contribution in [2.45, 2.75) is 59.9 Å². The number of rotatable bonds is 0. The first-order valence-corrected chi connectivity index (χ1v) is 6.17. The highest BCUT2D eigenvalue weighted by Crippen LogP contribution is 1.58. The molecule has 0 spiro atoms. The fourth-order valence-corrected chi connectivity index (χ4v) is 0. The molecule has 12 nitrogen and oxygen atoms in total. The van der Waals surface area contributed by atoms with Crippen LogP contribution in [0.2, 0.25) is 0 Å². The molecule has 0 atom stereocenters. The van der Waals surface area contributed by atoms with E-state index in [4.69, 9.17) is 17.5 Å². The van der Waals surface area contributed by atoms with E-state index in [-0.39, 0.29) is 30.8 Å². The van der Waals surface area contributed by atoms with Crippen LogP contribution in [0.5, 0.6) is 0 Å². The van der Waals surface area contributed by atoms with Crippen molar-refractivity contribution >= 4 is 10.4 Å². The molecular formula is C9H41N5O7S. The highest BCUT2D eigenvalue weighted by Gasteiger charge is 1.54. The summed E-state index contributed by atoms with van der Waals surface area (Å²) in [7, 11) is -5.17. The highest BCUT2D eigenvalue weighted by molar-refractivity contribution is 7.79. The first-order chi connectivity index (χ1) is 7.20. The van der Waals surface area contributed by atoms with E-state index >= 15 is 0 Å². The summed E-state index contributed by atoms with van der Waals surface area (Å²) in [5, 5.41) is 28.6. The first-order valence-electron chi connectivity index (χ1n) is 4.84. The Morgan fingerprint density at radius 2 is 0.545 bits per heavy atom. The van der Waals surface area contributed by atoms with Crippen LogP contribution in [0.3, 0.4) is 0 Å². The van der Waals surface area contributed by atoms with E-state index in [0.717, 1.165) is 0 Å². The molecule has 0 aromatic rings. The maximum absolute atomic E-state index is 9.53. The van der Waals surface area contributed by atoms with E-state index in [9.17, 15) is 15.3 Å². The first kappa shape index (κ1) is 57.8. The molecule has 0 aliphatic rings. The van der Waals surface area contributed by atoms with Gasteiger partial charge in [-0.1, -0.05) is 41.5 Å². The Morgan fingerprint density at radius 3 is 0.545 bits per heavy atom. The van der Waals surface area contributed by atoms with Gasteiger partial charge in [0.25, 0.3) is 0 Å². The quantitative estimate of drug-likeness (QED) is 0.284. The molecule has 0 aliphatic carbocycles. The summed E-state index contributed by atoms with van der Waals surface area (Å²) in [4.78, 5) is 0. The van der Waals surface area contributed by atoms with Crippen LogP contribution in [0.15, 0.2) is 0 Å². The van der Waals surface area contributed by atoms with Gasteiger partial charge >= 0.3 is 0 Å². The Bertz CT molecular complexity index is 196. The molecule has 13 heteroatoms. The molecule has 0 bridgehead atoms. The van der Waals surface area contributed by atoms with Gasteiger partial charge in [0, 0.05) is 10.4 Å². The zero-order valence-electron chi connectivity index (χ0n) is 16.0. The number of quaternary nitrogens is 5. The molecule has 22 heavy (non-hydrogen) atoms. The average molecular weight is 364 g/mol. The minimum Gasteiger partial charge on any atom is -0.852 e. The maximum Gasteiger partial charge on any atom is 0.0311 e. The third kappa shape index (κ3) is 33200. The van der Waals surface area contributed by atoms with E-state index < -0.39 is 28.7 Å². The zero-order valence-corrected chi connectivity index (χ0v) is 16.8. The Hall–Kier alpha value is -0.450. The standard InChI is InChI=1S/3C3H7O.5H3N.H2O4S/c3*1-3(2)4;;;;;;1-5(2,3)4/h3*3H,1-2H3;5*1H3;(H2,1,2,3,4)/q3*-1;;;;;;/p+3. The minimum atomic E-state index is -5.17. The van der Waals surface area contributed by atoms with Gasteiger partial charge in [0.15, 0.2) is 0 Å². The molecule has 0 aromatic carbocycles. The zero-order chi connectivity index (χ0) is 15.2. The largest absolute Gasteiger partial charge is 0.852 e. The molecule has 0 unspecified atom stereocenters. The highest BCUT2D eigenvalue weighted by atomic mass is 32.3. The average Bonchev–Trinajstić information content (AvgIpc) is 1.73. The molecule has 0 fully saturated rings. The molecule has 0 radical (unpaired) electrons. The predicted molar refractivity (Wildman–Crippen MR) is 85.8 cm³/mol. The summed E-state index contributed by atoms with van der Waals surface area (Å²) in [6, 6.07) is 0. The molecule has 0 aliphatic heterocycles. The summed E-state index contributed by atoms with van der Waals surface area (Å²) in [5.74, 6) is 0. The minimum absolute atomic E-state index is 0. The fourth-order valence-electron chi connectivity index (χ4n) is 0. The van der Waals surface area contributed by atoms with Gasteiger partial charge in [-0.2, -0.15) is 0 Å². The van der Waals surface area contributed by atoms with Gasteiger partial charge in [-0.05, 0) is 0 Å². The van der Waals surface area contributed by atoms with Crippen LogP contribution in [0.4, 0.5) is 0 Å². The van der Waals surface area contributed by atoms with Crippen LogP contribution >= 0.6 is 0 Å². The molecule has 0 amide bonds. The molecule has 0 saturated heterocycles. The van der Waals surface area contributed by atoms with Crippen LogP contribution in [0.1, 0.15) is 41.5 Å². The van der Waals surface area contributed by atoms with Crippen LogP contribution in [0, 0.1) is 0 Å². The second kappa shape index (κ2) is 37.1. The smallest absolute Gasteiger partial charge is 0.0311 e. The van der Waals surface area contributed by atoms with Crippen molar-refractivity contribution in [3.05, 3.63) is 0 Å². The van der Waals surface area contributed by atoms with Gasteiger partial charge < -0.3 is 55.2 Å². The van der Waals surface area contributed by atoms with Crippen molar-refractivity contribution in [3.63, 3.8) is 0 Å². The van der Waals surface area contributed by atoms with Crippen molar-refractivity contribution in [1.29, 1.82) is 0 Å². The Labute approximate surface area is 134 Å². The summed E-state index contributed by atoms with van der Waals surface area (Å²) < 4.78 is 34.1. The van der Waals surface area contributed by atoms with Crippen LogP contribution in [-0.4, -0.2) is 35.8 Å². The summed E-state index contributed by atoms with van der Waals surface area (Å²) in [6.45, 7) is 9.67. The van der Waals surface area contributed by atoms with Gasteiger partial charge in [-0.25, -0.2) is 0 Å². The van der Waals surface area contributed by atoms with Gasteiger partial charge in [0.1, 0.15) is 0 Å². The molecule has 20 N–H and O–H groups in total. The molecule has 0 saturated carbocycles. The summed E-state index contributed by atoms with van der Waals surface area (Å²) in [5.41, 5.74) is 0. The van der Waals surface area contributed by atoms with E-state index in [1.807, 2.05) is 0 Å². The topological polar surface area (TPSA) is 332 Å². The van der Waals surface area contributed by atoms with E-state index in [1.165, 1.54) is 0 Å². The van der Waals surface area contributed by atoms with Crippen LogP contribution in [-0.2, 0) is 10.4 Å².